The van der Waals surface area contributed by atoms with E-state index in [2.05, 4.69) is 34.9 Å². The Hall–Kier alpha value is -3.39. The highest BCUT2D eigenvalue weighted by atomic mass is 16.5. The normalized spacial score (nSPS) is 14.1. The average molecular weight is 482 g/mol. The molecule has 2 aromatic carbocycles. The van der Waals surface area contributed by atoms with Crippen LogP contribution < -0.4 is 10.6 Å². The van der Waals surface area contributed by atoms with Crippen molar-refractivity contribution in [3.63, 3.8) is 0 Å². The lowest BCUT2D eigenvalue weighted by Gasteiger charge is -2.22. The van der Waals surface area contributed by atoms with Crippen LogP contribution in [-0.2, 0) is 14.3 Å². The molecule has 3 rings (SSSR count). The van der Waals surface area contributed by atoms with Gasteiger partial charge >= 0.3 is 12.1 Å². The van der Waals surface area contributed by atoms with E-state index in [0.717, 1.165) is 22.3 Å². The first kappa shape index (κ1) is 26.2. The first-order chi connectivity index (χ1) is 16.8. The molecule has 0 spiro atoms. The Morgan fingerprint density at radius 1 is 1.00 bits per heavy atom. The van der Waals surface area contributed by atoms with Crippen molar-refractivity contribution in [3.8, 4) is 11.1 Å². The Bertz CT molecular complexity index is 993. The maximum atomic E-state index is 12.7. The number of carboxylic acids is 1. The first-order valence-corrected chi connectivity index (χ1v) is 12.0. The summed E-state index contributed by atoms with van der Waals surface area (Å²) in [6.45, 7) is 2.87. The number of carbonyl (C=O) groups is 3. The molecule has 0 saturated carbocycles. The molecule has 1 aliphatic carbocycles. The van der Waals surface area contributed by atoms with Gasteiger partial charge in [-0.15, -0.1) is 0 Å². The third-order valence-corrected chi connectivity index (χ3v) is 6.29. The number of aliphatic carboxylic acids is 1. The van der Waals surface area contributed by atoms with E-state index < -0.39 is 18.1 Å². The van der Waals surface area contributed by atoms with Crippen molar-refractivity contribution in [3.05, 3.63) is 59.7 Å². The van der Waals surface area contributed by atoms with E-state index in [4.69, 9.17) is 9.84 Å². The minimum atomic E-state index is -0.820. The summed E-state index contributed by atoms with van der Waals surface area (Å²) in [5, 5.41) is 14.4. The van der Waals surface area contributed by atoms with Crippen molar-refractivity contribution >= 4 is 18.0 Å². The van der Waals surface area contributed by atoms with E-state index in [-0.39, 0.29) is 30.8 Å². The predicted molar refractivity (Wildman–Crippen MR) is 134 cm³/mol. The zero-order valence-electron chi connectivity index (χ0n) is 20.6. The monoisotopic (exact) mass is 481 g/mol. The number of alkyl carbamates (subject to hydrolysis) is 1. The molecule has 2 amide bonds. The van der Waals surface area contributed by atoms with Gasteiger partial charge in [-0.05, 0) is 55.1 Å². The number of benzene rings is 2. The molecule has 0 heterocycles. The number of amides is 2. The Morgan fingerprint density at radius 3 is 2.17 bits per heavy atom. The fourth-order valence-electron chi connectivity index (χ4n) is 4.42. The molecular formula is C27H35N3O5. The Kier molecular flexibility index (Phi) is 9.25. The highest BCUT2D eigenvalue weighted by molar-refractivity contribution is 5.86. The quantitative estimate of drug-likeness (QED) is 0.429. The van der Waals surface area contributed by atoms with Crippen LogP contribution in [0.2, 0.25) is 0 Å². The summed E-state index contributed by atoms with van der Waals surface area (Å²) >= 11 is 0. The molecule has 0 saturated heterocycles. The largest absolute Gasteiger partial charge is 0.481 e. The lowest BCUT2D eigenvalue weighted by Crippen LogP contribution is -2.52. The van der Waals surface area contributed by atoms with Gasteiger partial charge in [0, 0.05) is 25.4 Å². The van der Waals surface area contributed by atoms with Gasteiger partial charge < -0.3 is 25.4 Å². The van der Waals surface area contributed by atoms with Crippen LogP contribution in [0.15, 0.2) is 48.5 Å². The van der Waals surface area contributed by atoms with Gasteiger partial charge in [-0.3, -0.25) is 9.59 Å². The second-order valence-corrected chi connectivity index (χ2v) is 9.40. The summed E-state index contributed by atoms with van der Waals surface area (Å²) < 4.78 is 5.59. The molecule has 3 N–H and O–H groups in total. The molecule has 2 aromatic rings. The van der Waals surface area contributed by atoms with Gasteiger partial charge in [0.15, 0.2) is 0 Å². The molecule has 1 aliphatic rings. The van der Waals surface area contributed by atoms with Crippen LogP contribution in [-0.4, -0.2) is 67.8 Å². The SMILES string of the molecule is CC(CCNC(=O)C(CN(C)C)NC(=O)OCC1c2ccccc2-c2ccccc21)CCC(=O)O. The summed E-state index contributed by atoms with van der Waals surface area (Å²) in [6, 6.07) is 15.5. The number of ether oxygens (including phenoxy) is 1. The lowest BCUT2D eigenvalue weighted by atomic mass is 9.98. The number of carboxylic acid groups (broad SMARTS) is 1. The molecule has 35 heavy (non-hydrogen) atoms. The summed E-state index contributed by atoms with van der Waals surface area (Å²) in [5.41, 5.74) is 4.56. The molecule has 0 aromatic heterocycles. The van der Waals surface area contributed by atoms with Crippen LogP contribution >= 0.6 is 0 Å². The topological polar surface area (TPSA) is 108 Å². The molecular weight excluding hydrogens is 446 g/mol. The standard InChI is InChI=1S/C27H35N3O5/c1-18(12-13-25(31)32)14-15-28-26(33)24(16-30(2)3)29-27(34)35-17-23-21-10-6-4-8-19(21)20-9-5-7-11-22(20)23/h4-11,18,23-24H,12-17H2,1-3H3,(H,28,33)(H,29,34)(H,31,32). The Labute approximate surface area is 206 Å². The zero-order chi connectivity index (χ0) is 25.4. The Morgan fingerprint density at radius 2 is 1.60 bits per heavy atom. The van der Waals surface area contributed by atoms with Gasteiger partial charge in [0.25, 0.3) is 0 Å². The number of carbonyl (C=O) groups excluding carboxylic acids is 2. The summed E-state index contributed by atoms with van der Waals surface area (Å²) in [6.07, 6.45) is 0.703. The second kappa shape index (κ2) is 12.4. The minimum Gasteiger partial charge on any atom is -0.481 e. The van der Waals surface area contributed by atoms with Crippen molar-refractivity contribution in [2.24, 2.45) is 5.92 Å². The number of likely N-dealkylation sites (N-methyl/N-ethyl adjacent to an activating group) is 1. The maximum Gasteiger partial charge on any atom is 0.407 e. The number of hydrogen-bond acceptors (Lipinski definition) is 5. The number of hydrogen-bond donors (Lipinski definition) is 3. The van der Waals surface area contributed by atoms with Gasteiger partial charge in [-0.1, -0.05) is 55.5 Å². The van der Waals surface area contributed by atoms with Gasteiger partial charge in [-0.25, -0.2) is 4.79 Å². The zero-order valence-corrected chi connectivity index (χ0v) is 20.6. The summed E-state index contributed by atoms with van der Waals surface area (Å²) in [5.74, 6) is -0.993. The number of rotatable bonds is 12. The third kappa shape index (κ3) is 7.29. The van der Waals surface area contributed by atoms with Gasteiger partial charge in [0.2, 0.25) is 5.91 Å². The van der Waals surface area contributed by atoms with Crippen LogP contribution in [0.3, 0.4) is 0 Å². The molecule has 2 unspecified atom stereocenters. The van der Waals surface area contributed by atoms with E-state index in [0.29, 0.717) is 25.9 Å². The highest BCUT2D eigenvalue weighted by Crippen LogP contribution is 2.44. The number of nitrogens with one attached hydrogen (secondary N) is 2. The lowest BCUT2D eigenvalue weighted by molar-refractivity contribution is -0.137. The summed E-state index contributed by atoms with van der Waals surface area (Å²) in [7, 11) is 3.65. The van der Waals surface area contributed by atoms with Crippen LogP contribution in [0, 0.1) is 5.92 Å². The molecule has 188 valence electrons. The minimum absolute atomic E-state index is 0.0541. The Balaban J connectivity index is 1.54. The molecule has 0 aliphatic heterocycles. The first-order valence-electron chi connectivity index (χ1n) is 12.0. The van der Waals surface area contributed by atoms with E-state index >= 15 is 0 Å². The smallest absolute Gasteiger partial charge is 0.407 e. The molecule has 8 nitrogen and oxygen atoms in total. The van der Waals surface area contributed by atoms with Crippen molar-refractivity contribution < 1.29 is 24.2 Å². The van der Waals surface area contributed by atoms with E-state index in [1.165, 1.54) is 0 Å². The third-order valence-electron chi connectivity index (χ3n) is 6.29. The predicted octanol–water partition coefficient (Wildman–Crippen LogP) is 3.46. The average Bonchev–Trinajstić information content (AvgIpc) is 3.14. The van der Waals surface area contributed by atoms with Crippen LogP contribution in [0.4, 0.5) is 4.79 Å². The molecule has 8 heteroatoms. The van der Waals surface area contributed by atoms with Crippen LogP contribution in [0.1, 0.15) is 43.2 Å². The second-order valence-electron chi connectivity index (χ2n) is 9.40. The molecule has 0 bridgehead atoms. The fraction of sp³-hybridized carbons (Fsp3) is 0.444. The highest BCUT2D eigenvalue weighted by Gasteiger charge is 2.30. The number of nitrogens with zero attached hydrogens (tertiary/aromatic N) is 1. The summed E-state index contributed by atoms with van der Waals surface area (Å²) in [4.78, 5) is 37.9. The van der Waals surface area contributed by atoms with Crippen molar-refractivity contribution in [1.29, 1.82) is 0 Å². The maximum absolute atomic E-state index is 12.7. The van der Waals surface area contributed by atoms with Crippen LogP contribution in [0.5, 0.6) is 0 Å². The van der Waals surface area contributed by atoms with Crippen LogP contribution in [0.25, 0.3) is 11.1 Å². The number of fused-ring (bicyclic) bond motifs is 3. The van der Waals surface area contributed by atoms with Gasteiger partial charge in [0.1, 0.15) is 12.6 Å². The van der Waals surface area contributed by atoms with Gasteiger partial charge in [-0.2, -0.15) is 0 Å². The molecule has 2 atom stereocenters. The molecule has 0 radical (unpaired) electrons. The van der Waals surface area contributed by atoms with Crippen molar-refractivity contribution in [2.75, 3.05) is 33.8 Å². The molecule has 0 fully saturated rings. The van der Waals surface area contributed by atoms with E-state index in [1.54, 1.807) is 0 Å². The fourth-order valence-corrected chi connectivity index (χ4v) is 4.42. The van der Waals surface area contributed by atoms with Crippen molar-refractivity contribution in [1.82, 2.24) is 15.5 Å². The van der Waals surface area contributed by atoms with Crippen molar-refractivity contribution in [2.45, 2.75) is 38.1 Å². The van der Waals surface area contributed by atoms with E-state index in [1.807, 2.05) is 50.2 Å². The van der Waals surface area contributed by atoms with Gasteiger partial charge in [0.05, 0.1) is 0 Å². The van der Waals surface area contributed by atoms with E-state index in [9.17, 15) is 14.4 Å².